The summed E-state index contributed by atoms with van der Waals surface area (Å²) < 4.78 is 27.1. The van der Waals surface area contributed by atoms with Crippen LogP contribution in [0.5, 0.6) is 0 Å². The fourth-order valence-electron chi connectivity index (χ4n) is 4.22. The van der Waals surface area contributed by atoms with Crippen molar-refractivity contribution < 1.29 is 64.0 Å². The van der Waals surface area contributed by atoms with E-state index in [2.05, 4.69) is 14.9 Å². The van der Waals surface area contributed by atoms with Crippen molar-refractivity contribution in [2.45, 2.75) is 106 Å². The minimum absolute atomic E-state index is 0.179. The first-order valence-corrected chi connectivity index (χ1v) is 12.6. The summed E-state index contributed by atoms with van der Waals surface area (Å²) >= 11 is 0. The summed E-state index contributed by atoms with van der Waals surface area (Å²) in [7, 11) is 1.35. The first-order valence-electron chi connectivity index (χ1n) is 12.6. The van der Waals surface area contributed by atoms with E-state index in [1.165, 1.54) is 7.11 Å². The lowest BCUT2D eigenvalue weighted by Crippen LogP contribution is -2.64. The molecule has 16 nitrogen and oxygen atoms in total. The molecule has 220 valence electrons. The van der Waals surface area contributed by atoms with Crippen LogP contribution < -0.4 is 0 Å². The van der Waals surface area contributed by atoms with Crippen molar-refractivity contribution in [2.24, 2.45) is 5.28 Å². The maximum absolute atomic E-state index is 11.1. The number of rotatable bonds is 16. The highest BCUT2D eigenvalue weighted by Gasteiger charge is 2.52. The van der Waals surface area contributed by atoms with E-state index >= 15 is 0 Å². The standard InChI is InChI=1S/C22H39N3O13/c1-33-14(28)8-6-4-2-3-5-7-9-34-21-19(17(31)15(29)12(10-26)35-21)37-22-20(38-25-24-23)18(32)16(30)13(11-27)36-22/h12-13,15-22,26-27,29-32H,2-11H2,1H3/t12-,13-,15-,16-,17+,18+,19-,20-,21+,22-/m1/s1. The Morgan fingerprint density at radius 3 is 1.97 bits per heavy atom. The van der Waals surface area contributed by atoms with Crippen LogP contribution in [0.2, 0.25) is 0 Å². The second-order valence-electron chi connectivity index (χ2n) is 9.07. The number of aliphatic hydroxyl groups excluding tert-OH is 6. The van der Waals surface area contributed by atoms with Gasteiger partial charge in [-0.05, 0) is 18.4 Å². The number of esters is 1. The van der Waals surface area contributed by atoms with Crippen molar-refractivity contribution in [1.29, 1.82) is 0 Å². The van der Waals surface area contributed by atoms with Gasteiger partial charge in [-0.2, -0.15) is 0 Å². The van der Waals surface area contributed by atoms with Gasteiger partial charge in [0, 0.05) is 17.9 Å². The van der Waals surface area contributed by atoms with E-state index in [0.29, 0.717) is 12.8 Å². The maximum atomic E-state index is 11.1. The molecule has 38 heavy (non-hydrogen) atoms. The largest absolute Gasteiger partial charge is 0.469 e. The third-order valence-electron chi connectivity index (χ3n) is 6.43. The van der Waals surface area contributed by atoms with Gasteiger partial charge in [-0.15, -0.1) is 0 Å². The SMILES string of the molecule is COC(=O)CCCCCCCCO[C@H]1O[C@H](CO)[C@@H](O)[C@H](O)[C@H]1O[C@H]1O[C@H](CO)[C@@H](O)[C@H](O)[C@H]1ON=[N+]=[N-]. The number of hydrogen-bond donors (Lipinski definition) is 6. The van der Waals surface area contributed by atoms with Crippen molar-refractivity contribution in [2.75, 3.05) is 26.9 Å². The van der Waals surface area contributed by atoms with Crippen LogP contribution in [0.4, 0.5) is 0 Å². The van der Waals surface area contributed by atoms with E-state index < -0.39 is 74.6 Å². The van der Waals surface area contributed by atoms with Gasteiger partial charge in [-0.3, -0.25) is 4.79 Å². The number of azide groups is 1. The number of unbranched alkanes of at least 4 members (excludes halogenated alkanes) is 5. The van der Waals surface area contributed by atoms with Crippen LogP contribution in [0.25, 0.3) is 10.4 Å². The lowest BCUT2D eigenvalue weighted by Gasteiger charge is -2.46. The zero-order chi connectivity index (χ0) is 28.1. The second kappa shape index (κ2) is 17.0. The average molecular weight is 554 g/mol. The molecule has 10 atom stereocenters. The monoisotopic (exact) mass is 553 g/mol. The van der Waals surface area contributed by atoms with Gasteiger partial charge >= 0.3 is 5.97 Å². The van der Waals surface area contributed by atoms with E-state index in [1.807, 2.05) is 0 Å². The highest BCUT2D eigenvalue weighted by atomic mass is 16.8. The van der Waals surface area contributed by atoms with E-state index in [-0.39, 0.29) is 12.6 Å². The zero-order valence-electron chi connectivity index (χ0n) is 21.2. The van der Waals surface area contributed by atoms with Gasteiger partial charge in [0.05, 0.1) is 20.3 Å². The summed E-state index contributed by atoms with van der Waals surface area (Å²) in [6, 6.07) is 0. The molecule has 0 radical (unpaired) electrons. The summed E-state index contributed by atoms with van der Waals surface area (Å²) in [6.45, 7) is -1.14. The van der Waals surface area contributed by atoms with Gasteiger partial charge in [0.2, 0.25) is 0 Å². The number of carbonyl (C=O) groups is 1. The van der Waals surface area contributed by atoms with Gasteiger partial charge in [0.15, 0.2) is 18.7 Å². The summed E-state index contributed by atoms with van der Waals surface area (Å²) in [5.41, 5.74) is 8.58. The Labute approximate surface area is 219 Å². The molecule has 16 heteroatoms. The molecule has 0 bridgehead atoms. The number of methoxy groups -OCH3 is 1. The van der Waals surface area contributed by atoms with Crippen molar-refractivity contribution in [1.82, 2.24) is 0 Å². The van der Waals surface area contributed by atoms with Crippen molar-refractivity contribution >= 4 is 5.97 Å². The van der Waals surface area contributed by atoms with Crippen LogP contribution in [0, 0.1) is 0 Å². The van der Waals surface area contributed by atoms with Crippen LogP contribution in [-0.2, 0) is 33.3 Å². The molecule has 2 saturated heterocycles. The van der Waals surface area contributed by atoms with Crippen molar-refractivity contribution in [3.05, 3.63) is 10.4 Å². The molecule has 2 heterocycles. The molecule has 2 aliphatic rings. The molecule has 6 N–H and O–H groups in total. The predicted octanol–water partition coefficient (Wildman–Crippen LogP) is -1.22. The van der Waals surface area contributed by atoms with E-state index in [4.69, 9.17) is 29.3 Å². The highest BCUT2D eigenvalue weighted by molar-refractivity contribution is 5.68. The van der Waals surface area contributed by atoms with Crippen LogP contribution >= 0.6 is 0 Å². The molecule has 0 aliphatic carbocycles. The Morgan fingerprint density at radius 1 is 0.842 bits per heavy atom. The van der Waals surface area contributed by atoms with Gasteiger partial charge in [-0.1, -0.05) is 25.7 Å². The van der Waals surface area contributed by atoms with Crippen LogP contribution in [0.1, 0.15) is 44.9 Å². The Balaban J connectivity index is 1.97. The molecular formula is C22H39N3O13. The average Bonchev–Trinajstić information content (AvgIpc) is 2.92. The number of nitrogens with zero attached hydrogens (tertiary/aromatic N) is 3. The van der Waals surface area contributed by atoms with Crippen LogP contribution in [-0.4, -0.2) is 125 Å². The Kier molecular flexibility index (Phi) is 14.5. The first kappa shape index (κ1) is 32.4. The molecule has 0 aromatic rings. The number of ether oxygens (including phenoxy) is 5. The van der Waals surface area contributed by atoms with Gasteiger partial charge in [0.25, 0.3) is 0 Å². The molecule has 2 fully saturated rings. The molecular weight excluding hydrogens is 514 g/mol. The van der Waals surface area contributed by atoms with Gasteiger partial charge in [-0.25, -0.2) is 0 Å². The quantitative estimate of drug-likeness (QED) is 0.0328. The Hall–Kier alpha value is -1.82. The number of aliphatic hydroxyl groups is 6. The zero-order valence-corrected chi connectivity index (χ0v) is 21.2. The van der Waals surface area contributed by atoms with Crippen LogP contribution in [0.15, 0.2) is 5.28 Å². The summed E-state index contributed by atoms with van der Waals surface area (Å²) in [5.74, 6) is -0.233. The van der Waals surface area contributed by atoms with Gasteiger partial charge in [0.1, 0.15) is 48.0 Å². The topological polar surface area (TPSA) is 243 Å². The lowest BCUT2D eigenvalue weighted by atomic mass is 9.97. The van der Waals surface area contributed by atoms with E-state index in [0.717, 1.165) is 32.1 Å². The summed E-state index contributed by atoms with van der Waals surface area (Å²) in [4.78, 5) is 18.4. The van der Waals surface area contributed by atoms with Crippen molar-refractivity contribution in [3.63, 3.8) is 0 Å². The summed E-state index contributed by atoms with van der Waals surface area (Å²) in [6.07, 6.45) is -9.61. The van der Waals surface area contributed by atoms with Crippen molar-refractivity contribution in [3.8, 4) is 0 Å². The molecule has 0 aromatic heterocycles. The molecule has 2 rings (SSSR count). The molecule has 0 aromatic carbocycles. The Bertz CT molecular complexity index is 743. The predicted molar refractivity (Wildman–Crippen MR) is 125 cm³/mol. The lowest BCUT2D eigenvalue weighted by molar-refractivity contribution is -0.371. The summed E-state index contributed by atoms with van der Waals surface area (Å²) in [5, 5.41) is 63.5. The van der Waals surface area contributed by atoms with Gasteiger partial charge < -0.3 is 59.2 Å². The molecule has 2 aliphatic heterocycles. The fraction of sp³-hybridized carbons (Fsp3) is 0.955. The number of carbonyl (C=O) groups excluding carboxylic acids is 1. The third-order valence-corrected chi connectivity index (χ3v) is 6.43. The van der Waals surface area contributed by atoms with Crippen LogP contribution in [0.3, 0.4) is 0 Å². The maximum Gasteiger partial charge on any atom is 0.305 e. The first-order chi connectivity index (χ1) is 18.3. The molecule has 0 spiro atoms. The fourth-order valence-corrected chi connectivity index (χ4v) is 4.22. The minimum atomic E-state index is -1.71. The highest BCUT2D eigenvalue weighted by Crippen LogP contribution is 2.31. The molecule has 0 amide bonds. The van der Waals surface area contributed by atoms with E-state index in [9.17, 15) is 35.4 Å². The third kappa shape index (κ3) is 9.14. The number of hydrogen-bond acceptors (Lipinski definition) is 14. The molecule has 0 unspecified atom stereocenters. The normalized spacial score (nSPS) is 35.3. The second-order valence-corrected chi connectivity index (χ2v) is 9.07. The smallest absolute Gasteiger partial charge is 0.305 e. The molecule has 0 saturated carbocycles. The Morgan fingerprint density at radius 2 is 1.39 bits per heavy atom. The minimum Gasteiger partial charge on any atom is -0.469 e. The van der Waals surface area contributed by atoms with E-state index in [1.54, 1.807) is 0 Å².